The van der Waals surface area contributed by atoms with Crippen molar-refractivity contribution in [2.45, 2.75) is 42.4 Å². The second kappa shape index (κ2) is 14.8. The Kier molecular flexibility index (Phi) is 10.0. The van der Waals surface area contributed by atoms with Crippen LogP contribution in [-0.4, -0.2) is 97.8 Å². The maximum atomic E-state index is 14.0. The number of allylic oxidation sites excluding steroid dienone is 1. The molecule has 2 atom stereocenters. The molecular formula is C36H40N4O10S. The number of imidazole rings is 1. The van der Waals surface area contributed by atoms with E-state index in [1.165, 1.54) is 19.2 Å². The monoisotopic (exact) mass is 720 g/mol. The van der Waals surface area contributed by atoms with E-state index in [4.69, 9.17) is 23.7 Å². The van der Waals surface area contributed by atoms with Crippen molar-refractivity contribution in [1.82, 2.24) is 18.8 Å². The number of hydrogen-bond acceptors (Lipinski definition) is 10. The van der Waals surface area contributed by atoms with Gasteiger partial charge in [-0.05, 0) is 73.0 Å². The second-order valence-electron chi connectivity index (χ2n) is 12.5. The van der Waals surface area contributed by atoms with Gasteiger partial charge in [0.05, 0.1) is 36.3 Å². The predicted octanol–water partition coefficient (Wildman–Crippen LogP) is 3.34. The number of para-hydroxylation sites is 2. The first-order chi connectivity index (χ1) is 24.7. The Bertz CT molecular complexity index is 2070. The van der Waals surface area contributed by atoms with Crippen LogP contribution < -0.4 is 19.9 Å². The van der Waals surface area contributed by atoms with E-state index in [0.717, 1.165) is 20.9 Å². The smallest absolute Gasteiger partial charge is 0.326 e. The summed E-state index contributed by atoms with van der Waals surface area (Å²) in [7, 11) is -2.45. The van der Waals surface area contributed by atoms with Crippen LogP contribution in [0.25, 0.3) is 11.0 Å². The lowest BCUT2D eigenvalue weighted by molar-refractivity contribution is -0.153. The SMILES string of the molecule is COc1ccc(S(=O)(=O)N(CCO)CCO[C@@H]2C[C@H](c3ccc4c(c3)OCO4)C=C(C(=O)N3CCC(n4c(=O)[nH]c5ccccc54)CC3)O2)cc1. The molecule has 0 spiro atoms. The highest BCUT2D eigenvalue weighted by molar-refractivity contribution is 7.89. The van der Waals surface area contributed by atoms with Gasteiger partial charge in [-0.2, -0.15) is 4.31 Å². The fourth-order valence-electron chi connectivity index (χ4n) is 6.85. The molecule has 0 radical (unpaired) electrons. The Morgan fingerprint density at radius 1 is 1.02 bits per heavy atom. The molecule has 0 aliphatic carbocycles. The van der Waals surface area contributed by atoms with E-state index in [1.807, 2.05) is 42.5 Å². The molecule has 3 aliphatic rings. The van der Waals surface area contributed by atoms with Gasteiger partial charge < -0.3 is 38.7 Å². The molecule has 4 heterocycles. The third kappa shape index (κ3) is 7.19. The van der Waals surface area contributed by atoms with Gasteiger partial charge in [0, 0.05) is 44.6 Å². The molecule has 4 aromatic rings. The number of hydrogen-bond donors (Lipinski definition) is 2. The van der Waals surface area contributed by atoms with Crippen LogP contribution in [0.15, 0.2) is 88.3 Å². The number of sulfonamides is 1. The average molecular weight is 721 g/mol. The van der Waals surface area contributed by atoms with Crippen molar-refractivity contribution in [1.29, 1.82) is 0 Å². The number of piperidine rings is 1. The van der Waals surface area contributed by atoms with E-state index in [0.29, 0.717) is 49.6 Å². The summed E-state index contributed by atoms with van der Waals surface area (Å²) in [5, 5.41) is 9.68. The van der Waals surface area contributed by atoms with Gasteiger partial charge in [-0.25, -0.2) is 13.2 Å². The molecule has 2 N–H and O–H groups in total. The zero-order chi connectivity index (χ0) is 35.5. The summed E-state index contributed by atoms with van der Waals surface area (Å²) in [6.07, 6.45) is 2.46. The van der Waals surface area contributed by atoms with Crippen LogP contribution in [0.4, 0.5) is 0 Å². The molecule has 3 aliphatic heterocycles. The van der Waals surface area contributed by atoms with Crippen LogP contribution in [0.3, 0.4) is 0 Å². The molecule has 51 heavy (non-hydrogen) atoms. The van der Waals surface area contributed by atoms with Crippen LogP contribution in [0.5, 0.6) is 17.2 Å². The van der Waals surface area contributed by atoms with Crippen LogP contribution in [-0.2, 0) is 24.3 Å². The number of nitrogens with one attached hydrogen (secondary N) is 1. The maximum absolute atomic E-state index is 14.0. The molecule has 270 valence electrons. The van der Waals surface area contributed by atoms with Crippen LogP contribution in [0, 0.1) is 0 Å². The summed E-state index contributed by atoms with van der Waals surface area (Å²) in [4.78, 5) is 31.5. The van der Waals surface area contributed by atoms with Crippen molar-refractivity contribution in [2.75, 3.05) is 53.3 Å². The zero-order valence-electron chi connectivity index (χ0n) is 28.1. The van der Waals surface area contributed by atoms with Gasteiger partial charge in [0.2, 0.25) is 23.1 Å². The van der Waals surface area contributed by atoms with Crippen molar-refractivity contribution in [3.63, 3.8) is 0 Å². The minimum absolute atomic E-state index is 0.0554. The normalized spacial score (nSPS) is 19.3. The molecule has 1 aromatic heterocycles. The Balaban J connectivity index is 1.06. The number of aliphatic hydroxyl groups excluding tert-OH is 1. The van der Waals surface area contributed by atoms with Crippen molar-refractivity contribution in [3.8, 4) is 17.2 Å². The van der Waals surface area contributed by atoms with Crippen LogP contribution in [0.1, 0.15) is 36.8 Å². The Morgan fingerprint density at radius 3 is 2.55 bits per heavy atom. The summed E-state index contributed by atoms with van der Waals surface area (Å²) in [6.45, 7) is 0.354. The average Bonchev–Trinajstić information content (AvgIpc) is 3.77. The lowest BCUT2D eigenvalue weighted by Gasteiger charge is -2.35. The van der Waals surface area contributed by atoms with Gasteiger partial charge in [0.1, 0.15) is 5.75 Å². The zero-order valence-corrected chi connectivity index (χ0v) is 28.9. The van der Waals surface area contributed by atoms with E-state index < -0.39 is 16.3 Å². The molecule has 1 saturated heterocycles. The summed E-state index contributed by atoms with van der Waals surface area (Å²) in [5.74, 6) is 1.33. The van der Waals surface area contributed by atoms with Gasteiger partial charge in [0.25, 0.3) is 5.91 Å². The number of H-pyrrole nitrogens is 1. The Hall–Kier alpha value is -4.83. The molecule has 7 rings (SSSR count). The van der Waals surface area contributed by atoms with E-state index >= 15 is 0 Å². The number of fused-ring (bicyclic) bond motifs is 2. The van der Waals surface area contributed by atoms with Crippen molar-refractivity contribution in [3.05, 3.63) is 94.6 Å². The molecule has 15 heteroatoms. The first-order valence-electron chi connectivity index (χ1n) is 16.9. The number of amides is 1. The predicted molar refractivity (Wildman–Crippen MR) is 185 cm³/mol. The number of aromatic nitrogens is 2. The van der Waals surface area contributed by atoms with Crippen LogP contribution >= 0.6 is 0 Å². The lowest BCUT2D eigenvalue weighted by atomic mass is 9.92. The number of aliphatic hydroxyl groups is 1. The molecule has 0 unspecified atom stereocenters. The first kappa shape index (κ1) is 34.6. The molecule has 3 aromatic carbocycles. The van der Waals surface area contributed by atoms with Gasteiger partial charge in [-0.3, -0.25) is 9.36 Å². The number of benzene rings is 3. The summed E-state index contributed by atoms with van der Waals surface area (Å²) in [5.41, 5.74) is 2.33. The fourth-order valence-corrected chi connectivity index (χ4v) is 8.27. The van der Waals surface area contributed by atoms with Gasteiger partial charge in [-0.15, -0.1) is 0 Å². The number of nitrogens with zero attached hydrogens (tertiary/aromatic N) is 3. The largest absolute Gasteiger partial charge is 0.497 e. The number of likely N-dealkylation sites (tertiary alicyclic amines) is 1. The number of carbonyl (C=O) groups excluding carboxylic acids is 1. The Morgan fingerprint density at radius 2 is 1.78 bits per heavy atom. The summed E-state index contributed by atoms with van der Waals surface area (Å²) < 4.78 is 58.3. The van der Waals surface area contributed by atoms with Crippen molar-refractivity contribution >= 4 is 27.0 Å². The quantitative estimate of drug-likeness (QED) is 0.222. The van der Waals surface area contributed by atoms with E-state index in [1.54, 1.807) is 27.7 Å². The third-order valence-electron chi connectivity index (χ3n) is 9.52. The van der Waals surface area contributed by atoms with E-state index in [9.17, 15) is 23.1 Å². The first-order valence-corrected chi connectivity index (χ1v) is 18.3. The number of methoxy groups -OCH3 is 1. The lowest BCUT2D eigenvalue weighted by Crippen LogP contribution is -2.43. The van der Waals surface area contributed by atoms with Gasteiger partial charge >= 0.3 is 5.69 Å². The highest BCUT2D eigenvalue weighted by Gasteiger charge is 2.34. The number of ether oxygens (including phenoxy) is 5. The topological polar surface area (TPSA) is 162 Å². The molecule has 14 nitrogen and oxygen atoms in total. The third-order valence-corrected chi connectivity index (χ3v) is 11.4. The summed E-state index contributed by atoms with van der Waals surface area (Å²) in [6, 6.07) is 19.1. The minimum Gasteiger partial charge on any atom is -0.497 e. The van der Waals surface area contributed by atoms with Gasteiger partial charge in [-0.1, -0.05) is 18.2 Å². The second-order valence-corrected chi connectivity index (χ2v) is 14.5. The van der Waals surface area contributed by atoms with Crippen LogP contribution in [0.2, 0.25) is 0 Å². The molecular weight excluding hydrogens is 680 g/mol. The molecule has 0 bridgehead atoms. The number of rotatable bonds is 12. The minimum atomic E-state index is -3.95. The van der Waals surface area contributed by atoms with E-state index in [2.05, 4.69) is 4.98 Å². The maximum Gasteiger partial charge on any atom is 0.326 e. The van der Waals surface area contributed by atoms with Gasteiger partial charge in [0.15, 0.2) is 17.3 Å². The standard InChI is InChI=1S/C36H40N4O10S/c1-46-27-7-9-28(10-8-27)51(44,45)39(16-18-41)17-19-47-34-22-25(24-6-11-31-32(20-24)49-23-48-31)21-33(50-34)35(42)38-14-12-26(13-15-38)40-30-5-3-2-4-29(30)37-36(40)43/h2-11,20-21,25-26,34,41H,12-19,22-23H2,1H3,(H,37,43)/t25-,34+/m1/s1. The molecule has 1 fully saturated rings. The number of carbonyl (C=O) groups is 1. The van der Waals surface area contributed by atoms with E-state index in [-0.39, 0.29) is 67.3 Å². The highest BCUT2D eigenvalue weighted by atomic mass is 32.2. The molecule has 0 saturated carbocycles. The fraction of sp³-hybridized carbons (Fsp3) is 0.389. The summed E-state index contributed by atoms with van der Waals surface area (Å²) >= 11 is 0. The van der Waals surface area contributed by atoms with Crippen molar-refractivity contribution < 1.29 is 42.0 Å². The highest BCUT2D eigenvalue weighted by Crippen LogP contribution is 2.39. The van der Waals surface area contributed by atoms with Crippen molar-refractivity contribution in [2.24, 2.45) is 0 Å². The Labute approximate surface area is 294 Å². The number of aromatic amines is 1. The molecule has 1 amide bonds.